The number of aromatic nitrogens is 1. The molecule has 0 unspecified atom stereocenters. The summed E-state index contributed by atoms with van der Waals surface area (Å²) >= 11 is 0.951. The first-order chi connectivity index (χ1) is 15.1. The molecule has 0 spiro atoms. The van der Waals surface area contributed by atoms with Crippen LogP contribution >= 0.6 is 11.8 Å². The molecule has 2 aliphatic heterocycles. The molecule has 4 rings (SSSR count). The molecule has 2 aromatic rings. The predicted molar refractivity (Wildman–Crippen MR) is 109 cm³/mol. The van der Waals surface area contributed by atoms with Gasteiger partial charge in [0.1, 0.15) is 23.3 Å². The van der Waals surface area contributed by atoms with E-state index in [0.717, 1.165) is 23.9 Å². The summed E-state index contributed by atoms with van der Waals surface area (Å²) in [6.45, 7) is -0.507. The van der Waals surface area contributed by atoms with Crippen LogP contribution in [0.25, 0.3) is 11.9 Å². The van der Waals surface area contributed by atoms with Gasteiger partial charge in [-0.05, 0) is 35.9 Å². The summed E-state index contributed by atoms with van der Waals surface area (Å²) in [6, 6.07) is 8.15. The van der Waals surface area contributed by atoms with Crippen LogP contribution in [-0.2, 0) is 10.3 Å². The van der Waals surface area contributed by atoms with E-state index in [1.165, 1.54) is 30.5 Å². The fourth-order valence-corrected chi connectivity index (χ4v) is 4.91. The highest BCUT2D eigenvalue weighted by molar-refractivity contribution is 8.13. The number of halogens is 5. The number of hydrogen-bond donors (Lipinski definition) is 1. The van der Waals surface area contributed by atoms with Crippen LogP contribution in [0.2, 0.25) is 0 Å². The van der Waals surface area contributed by atoms with Gasteiger partial charge < -0.3 is 10.5 Å². The van der Waals surface area contributed by atoms with Gasteiger partial charge in [-0.2, -0.15) is 18.4 Å². The standard InChI is InChI=1S/C21H15F5N4OS/c22-15-3-1-11(6-16(23)17-4-2-12(7-27)8-29-17)5-13(15)20-10-31-18(21(24,25)26)14(20)9-32-19(28)30-20/h1-6,8,14,18H,9-10H2,(H2,28,30)/b16-6-/t14-,18+,20-/m1/s1. The molecular weight excluding hydrogens is 451 g/mol. The molecule has 1 aromatic carbocycles. The van der Waals surface area contributed by atoms with Crippen LogP contribution in [0.15, 0.2) is 41.5 Å². The number of hydrogen-bond acceptors (Lipinski definition) is 6. The lowest BCUT2D eigenvalue weighted by Crippen LogP contribution is -2.46. The van der Waals surface area contributed by atoms with Crippen molar-refractivity contribution in [3.8, 4) is 6.07 Å². The lowest BCUT2D eigenvalue weighted by molar-refractivity contribution is -0.215. The van der Waals surface area contributed by atoms with E-state index < -0.39 is 42.0 Å². The van der Waals surface area contributed by atoms with Crippen molar-refractivity contribution in [2.75, 3.05) is 12.4 Å². The number of nitrogens with two attached hydrogens (primary N) is 1. The molecule has 0 radical (unpaired) electrons. The summed E-state index contributed by atoms with van der Waals surface area (Å²) < 4.78 is 75.1. The second-order valence-corrected chi connectivity index (χ2v) is 8.38. The Balaban J connectivity index is 1.76. The van der Waals surface area contributed by atoms with Gasteiger partial charge in [0.25, 0.3) is 0 Å². The van der Waals surface area contributed by atoms with Crippen molar-refractivity contribution >= 4 is 28.8 Å². The lowest BCUT2D eigenvalue weighted by Gasteiger charge is -2.36. The van der Waals surface area contributed by atoms with E-state index in [4.69, 9.17) is 15.7 Å². The normalized spacial score (nSPS) is 25.8. The second kappa shape index (κ2) is 8.18. The molecule has 0 bridgehead atoms. The van der Waals surface area contributed by atoms with Crippen LogP contribution in [0.3, 0.4) is 0 Å². The molecule has 1 saturated heterocycles. The van der Waals surface area contributed by atoms with Gasteiger partial charge >= 0.3 is 6.18 Å². The smallest absolute Gasteiger partial charge is 0.379 e. The van der Waals surface area contributed by atoms with Crippen LogP contribution in [0, 0.1) is 23.1 Å². The van der Waals surface area contributed by atoms with E-state index in [1.54, 1.807) is 0 Å². The quantitative estimate of drug-likeness (QED) is 0.679. The fraction of sp³-hybridized carbons (Fsp3) is 0.286. The van der Waals surface area contributed by atoms with E-state index >= 15 is 0 Å². The molecule has 0 aliphatic carbocycles. The molecule has 32 heavy (non-hydrogen) atoms. The van der Waals surface area contributed by atoms with Gasteiger partial charge in [-0.3, -0.25) is 4.98 Å². The molecular formula is C21H15F5N4OS. The molecule has 1 fully saturated rings. The number of nitriles is 1. The number of rotatable bonds is 3. The van der Waals surface area contributed by atoms with Gasteiger partial charge in [-0.1, -0.05) is 17.8 Å². The Morgan fingerprint density at radius 3 is 2.75 bits per heavy atom. The van der Waals surface area contributed by atoms with Gasteiger partial charge in [0.2, 0.25) is 0 Å². The first kappa shape index (κ1) is 22.2. The second-order valence-electron chi connectivity index (χ2n) is 7.34. The van der Waals surface area contributed by atoms with E-state index in [9.17, 15) is 22.0 Å². The van der Waals surface area contributed by atoms with Gasteiger partial charge in [0, 0.05) is 23.4 Å². The number of ether oxygens (including phenoxy) is 1. The Kier molecular flexibility index (Phi) is 5.68. The molecule has 3 heterocycles. The third-order valence-electron chi connectivity index (χ3n) is 5.39. The number of fused-ring (bicyclic) bond motifs is 1. The van der Waals surface area contributed by atoms with Gasteiger partial charge in [0.15, 0.2) is 11.3 Å². The van der Waals surface area contributed by atoms with Crippen molar-refractivity contribution in [1.82, 2.24) is 4.98 Å². The Bertz CT molecular complexity index is 1140. The summed E-state index contributed by atoms with van der Waals surface area (Å²) in [5, 5.41) is 8.84. The van der Waals surface area contributed by atoms with E-state index in [-0.39, 0.29) is 33.3 Å². The van der Waals surface area contributed by atoms with Gasteiger partial charge in [-0.15, -0.1) is 0 Å². The topological polar surface area (TPSA) is 84.3 Å². The number of amidine groups is 1. The van der Waals surface area contributed by atoms with Crippen molar-refractivity contribution in [1.29, 1.82) is 5.26 Å². The van der Waals surface area contributed by atoms with Crippen molar-refractivity contribution in [3.05, 3.63) is 64.7 Å². The molecule has 11 heteroatoms. The maximum absolute atomic E-state index is 14.9. The highest BCUT2D eigenvalue weighted by atomic mass is 32.2. The van der Waals surface area contributed by atoms with Gasteiger partial charge in [-0.25, -0.2) is 13.8 Å². The van der Waals surface area contributed by atoms with Crippen LogP contribution in [-0.4, -0.2) is 34.8 Å². The Hall–Kier alpha value is -2.97. The molecule has 0 saturated carbocycles. The van der Waals surface area contributed by atoms with E-state index in [1.807, 2.05) is 6.07 Å². The molecule has 166 valence electrons. The van der Waals surface area contributed by atoms with Crippen molar-refractivity contribution in [3.63, 3.8) is 0 Å². The maximum atomic E-state index is 14.9. The van der Waals surface area contributed by atoms with Crippen molar-refractivity contribution < 1.29 is 26.7 Å². The predicted octanol–water partition coefficient (Wildman–Crippen LogP) is 4.39. The fourth-order valence-electron chi connectivity index (χ4n) is 3.88. The SMILES string of the molecule is N#Cc1ccc(/C(F)=C/c2ccc(F)c([C@]34CO[C@H](C(F)(F)F)[C@H]3CSC(N)=N4)c2)nc1. The number of thioether (sulfide) groups is 1. The van der Waals surface area contributed by atoms with Crippen molar-refractivity contribution in [2.24, 2.45) is 16.6 Å². The van der Waals surface area contributed by atoms with E-state index in [2.05, 4.69) is 9.98 Å². The average molecular weight is 466 g/mol. The van der Waals surface area contributed by atoms with E-state index in [0.29, 0.717) is 0 Å². The summed E-state index contributed by atoms with van der Waals surface area (Å²) in [4.78, 5) is 8.05. The third-order valence-corrected chi connectivity index (χ3v) is 6.31. The number of nitrogens with zero attached hydrogens (tertiary/aromatic N) is 3. The monoisotopic (exact) mass is 466 g/mol. The number of alkyl halides is 3. The van der Waals surface area contributed by atoms with Gasteiger partial charge in [0.05, 0.1) is 17.9 Å². The largest absolute Gasteiger partial charge is 0.415 e. The Morgan fingerprint density at radius 1 is 1.31 bits per heavy atom. The molecule has 1 aromatic heterocycles. The van der Waals surface area contributed by atoms with Crippen LogP contribution in [0.5, 0.6) is 0 Å². The number of aliphatic imine (C=N–C) groups is 1. The zero-order valence-electron chi connectivity index (χ0n) is 16.2. The highest BCUT2D eigenvalue weighted by Crippen LogP contribution is 2.51. The zero-order valence-corrected chi connectivity index (χ0v) is 17.1. The number of benzene rings is 1. The first-order valence-electron chi connectivity index (χ1n) is 9.34. The molecule has 5 nitrogen and oxygen atoms in total. The summed E-state index contributed by atoms with van der Waals surface area (Å²) in [5.41, 5.74) is 4.36. The first-order valence-corrected chi connectivity index (χ1v) is 10.3. The molecule has 2 aliphatic rings. The molecule has 2 N–H and O–H groups in total. The lowest BCUT2D eigenvalue weighted by atomic mass is 9.78. The minimum absolute atomic E-state index is 0.0287. The molecule has 0 amide bonds. The highest BCUT2D eigenvalue weighted by Gasteiger charge is 2.61. The summed E-state index contributed by atoms with van der Waals surface area (Å²) in [5.74, 6) is -2.81. The third kappa shape index (κ3) is 3.96. The van der Waals surface area contributed by atoms with Crippen LogP contribution in [0.1, 0.15) is 22.4 Å². The summed E-state index contributed by atoms with van der Waals surface area (Å²) in [6.07, 6.45) is -4.50. The number of pyridine rings is 1. The minimum atomic E-state index is -4.66. The van der Waals surface area contributed by atoms with Crippen LogP contribution in [0.4, 0.5) is 22.0 Å². The Morgan fingerprint density at radius 2 is 2.09 bits per heavy atom. The average Bonchev–Trinajstić information content (AvgIpc) is 3.15. The Labute approximate surface area is 183 Å². The van der Waals surface area contributed by atoms with Crippen molar-refractivity contribution in [2.45, 2.75) is 17.8 Å². The maximum Gasteiger partial charge on any atom is 0.415 e. The minimum Gasteiger partial charge on any atom is -0.379 e. The zero-order chi connectivity index (χ0) is 23.1. The summed E-state index contributed by atoms with van der Waals surface area (Å²) in [7, 11) is 0. The molecule has 3 atom stereocenters. The van der Waals surface area contributed by atoms with Crippen LogP contribution < -0.4 is 5.73 Å².